The summed E-state index contributed by atoms with van der Waals surface area (Å²) in [6, 6.07) is 7.90. The molecule has 1 aliphatic rings. The first-order valence-electron chi connectivity index (χ1n) is 10.8. The number of anilines is 2. The summed E-state index contributed by atoms with van der Waals surface area (Å²) in [5.74, 6) is 0.376. The van der Waals surface area contributed by atoms with Gasteiger partial charge in [-0.25, -0.2) is 14.4 Å². The van der Waals surface area contributed by atoms with Crippen LogP contribution in [0.1, 0.15) is 43.9 Å². The van der Waals surface area contributed by atoms with Crippen molar-refractivity contribution in [3.8, 4) is 11.3 Å². The first-order chi connectivity index (χ1) is 15.8. The van der Waals surface area contributed by atoms with E-state index in [4.69, 9.17) is 14.7 Å². The molecule has 0 aliphatic carbocycles. The fourth-order valence-electron chi connectivity index (χ4n) is 3.72. The van der Waals surface area contributed by atoms with Crippen molar-refractivity contribution in [1.82, 2.24) is 19.7 Å². The van der Waals surface area contributed by atoms with Crippen LogP contribution in [0.2, 0.25) is 0 Å². The third kappa shape index (κ3) is 5.25. The quantitative estimate of drug-likeness (QED) is 0.547. The summed E-state index contributed by atoms with van der Waals surface area (Å²) in [4.78, 5) is 21.2. The Bertz CT molecular complexity index is 1170. The number of hydrogen-bond acceptors (Lipinski definition) is 7. The molecule has 4 rings (SSSR count). The molecule has 1 aliphatic heterocycles. The van der Waals surface area contributed by atoms with Crippen molar-refractivity contribution in [2.75, 3.05) is 5.32 Å². The van der Waals surface area contributed by atoms with Gasteiger partial charge in [0.1, 0.15) is 17.7 Å². The van der Waals surface area contributed by atoms with Gasteiger partial charge in [-0.15, -0.1) is 0 Å². The predicted molar refractivity (Wildman–Crippen MR) is 122 cm³/mol. The van der Waals surface area contributed by atoms with Gasteiger partial charge in [-0.1, -0.05) is 19.9 Å². The molecular formula is C24H26FN5O3. The average Bonchev–Trinajstić information content (AvgIpc) is 3.16. The summed E-state index contributed by atoms with van der Waals surface area (Å²) in [5, 5.41) is 17.3. The molecule has 1 fully saturated rings. The number of aliphatic hydroxyl groups excluding tert-OH is 1. The number of hydrogen-bond donors (Lipinski definition) is 2. The lowest BCUT2D eigenvalue weighted by Gasteiger charge is -2.23. The molecule has 3 aromatic rings. The van der Waals surface area contributed by atoms with Gasteiger partial charge in [-0.3, -0.25) is 9.48 Å². The third-order valence-electron chi connectivity index (χ3n) is 5.37. The second-order valence-electron chi connectivity index (χ2n) is 8.30. The molecule has 9 heteroatoms. The number of nitrogens with one attached hydrogen (secondary N) is 1. The molecule has 2 N–H and O–H groups in total. The van der Waals surface area contributed by atoms with Crippen LogP contribution in [-0.2, 0) is 16.6 Å². The summed E-state index contributed by atoms with van der Waals surface area (Å²) in [6.45, 7) is 4.04. The van der Waals surface area contributed by atoms with Crippen LogP contribution in [0.5, 0.6) is 0 Å². The van der Waals surface area contributed by atoms with Crippen molar-refractivity contribution in [3.05, 3.63) is 59.7 Å². The SMILES string of the molecule is CC(C)c1nc(Nc2ccnn2C)nc(-c2ccc(F)cc2)c1/C=C/[C@@H]1C[C@@H](O)CC(=O)O1. The van der Waals surface area contributed by atoms with E-state index in [2.05, 4.69) is 10.4 Å². The second-order valence-corrected chi connectivity index (χ2v) is 8.30. The van der Waals surface area contributed by atoms with Crippen molar-refractivity contribution in [2.45, 2.75) is 44.8 Å². The summed E-state index contributed by atoms with van der Waals surface area (Å²) in [6.07, 6.45) is 4.28. The minimum atomic E-state index is -0.733. The van der Waals surface area contributed by atoms with Gasteiger partial charge in [-0.05, 0) is 36.3 Å². The van der Waals surface area contributed by atoms with E-state index in [-0.39, 0.29) is 18.2 Å². The Labute approximate surface area is 191 Å². The Morgan fingerprint density at radius 1 is 1.24 bits per heavy atom. The maximum Gasteiger partial charge on any atom is 0.309 e. The Morgan fingerprint density at radius 3 is 2.64 bits per heavy atom. The van der Waals surface area contributed by atoms with Gasteiger partial charge >= 0.3 is 5.97 Å². The number of benzene rings is 1. The number of halogens is 1. The molecule has 3 heterocycles. The van der Waals surface area contributed by atoms with Crippen LogP contribution < -0.4 is 5.32 Å². The number of carbonyl (C=O) groups excluding carboxylic acids is 1. The van der Waals surface area contributed by atoms with Crippen LogP contribution in [0.4, 0.5) is 16.2 Å². The summed E-state index contributed by atoms with van der Waals surface area (Å²) in [5.41, 5.74) is 2.84. The van der Waals surface area contributed by atoms with E-state index in [1.54, 1.807) is 29.1 Å². The molecular weight excluding hydrogens is 425 g/mol. The zero-order chi connectivity index (χ0) is 23.5. The Hall–Kier alpha value is -3.59. The first kappa shape index (κ1) is 22.6. The lowest BCUT2D eigenvalue weighted by Crippen LogP contribution is -2.31. The molecule has 2 atom stereocenters. The standard InChI is InChI=1S/C24H26FN5O3/c1-14(2)22-19(9-8-18-12-17(31)13-21(32)33-18)23(15-4-6-16(25)7-5-15)29-24(28-22)27-20-10-11-26-30(20)3/h4-11,14,17-18,31H,12-13H2,1-3H3,(H,27,28,29)/b9-8+/t17-,18-/m1/s1. The predicted octanol–water partition coefficient (Wildman–Crippen LogP) is 3.96. The van der Waals surface area contributed by atoms with E-state index >= 15 is 0 Å². The third-order valence-corrected chi connectivity index (χ3v) is 5.37. The highest BCUT2D eigenvalue weighted by Gasteiger charge is 2.26. The van der Waals surface area contributed by atoms with E-state index in [9.17, 15) is 14.3 Å². The molecule has 0 bridgehead atoms. The largest absolute Gasteiger partial charge is 0.458 e. The average molecular weight is 452 g/mol. The number of aromatic nitrogens is 4. The monoisotopic (exact) mass is 451 g/mol. The molecule has 0 amide bonds. The summed E-state index contributed by atoms with van der Waals surface area (Å²) in [7, 11) is 1.81. The zero-order valence-corrected chi connectivity index (χ0v) is 18.7. The van der Waals surface area contributed by atoms with Crippen LogP contribution in [0.15, 0.2) is 42.6 Å². The van der Waals surface area contributed by atoms with E-state index in [0.717, 1.165) is 17.1 Å². The van der Waals surface area contributed by atoms with Crippen LogP contribution in [-0.4, -0.2) is 43.0 Å². The molecule has 2 aromatic heterocycles. The van der Waals surface area contributed by atoms with Gasteiger partial charge in [0.05, 0.1) is 30.1 Å². The zero-order valence-electron chi connectivity index (χ0n) is 18.7. The fraction of sp³-hybridized carbons (Fsp3) is 0.333. The topological polar surface area (TPSA) is 102 Å². The lowest BCUT2D eigenvalue weighted by molar-refractivity contribution is -0.156. The van der Waals surface area contributed by atoms with E-state index in [0.29, 0.717) is 23.6 Å². The maximum absolute atomic E-state index is 13.6. The maximum atomic E-state index is 13.6. The van der Waals surface area contributed by atoms with Crippen molar-refractivity contribution in [2.24, 2.45) is 7.05 Å². The summed E-state index contributed by atoms with van der Waals surface area (Å²) < 4.78 is 20.6. The number of cyclic esters (lactones) is 1. The number of esters is 1. The second kappa shape index (κ2) is 9.50. The highest BCUT2D eigenvalue weighted by atomic mass is 19.1. The minimum Gasteiger partial charge on any atom is -0.458 e. The van der Waals surface area contributed by atoms with Gasteiger partial charge in [0.2, 0.25) is 5.95 Å². The van der Waals surface area contributed by atoms with Crippen molar-refractivity contribution < 1.29 is 19.0 Å². The molecule has 33 heavy (non-hydrogen) atoms. The number of aryl methyl sites for hydroxylation is 1. The van der Waals surface area contributed by atoms with Gasteiger partial charge in [0.25, 0.3) is 0 Å². The van der Waals surface area contributed by atoms with Crippen molar-refractivity contribution >= 4 is 23.8 Å². The molecule has 0 spiro atoms. The highest BCUT2D eigenvalue weighted by Crippen LogP contribution is 2.31. The normalized spacial score (nSPS) is 18.7. The number of nitrogens with zero attached hydrogens (tertiary/aromatic N) is 4. The molecule has 0 unspecified atom stereocenters. The first-order valence-corrected chi connectivity index (χ1v) is 10.8. The highest BCUT2D eigenvalue weighted by molar-refractivity contribution is 5.76. The molecule has 8 nitrogen and oxygen atoms in total. The van der Waals surface area contributed by atoms with E-state index < -0.39 is 18.2 Å². The fourth-order valence-corrected chi connectivity index (χ4v) is 3.72. The van der Waals surface area contributed by atoms with E-state index in [1.807, 2.05) is 33.0 Å². The van der Waals surface area contributed by atoms with E-state index in [1.165, 1.54) is 12.1 Å². The number of carbonyl (C=O) groups is 1. The Kier molecular flexibility index (Phi) is 6.50. The Morgan fingerprint density at radius 2 is 2.00 bits per heavy atom. The van der Waals surface area contributed by atoms with Gasteiger partial charge in [0.15, 0.2) is 0 Å². The van der Waals surface area contributed by atoms with Crippen molar-refractivity contribution in [3.63, 3.8) is 0 Å². The Balaban J connectivity index is 1.80. The van der Waals surface area contributed by atoms with Crippen LogP contribution >= 0.6 is 0 Å². The number of aliphatic hydroxyl groups is 1. The molecule has 1 saturated heterocycles. The number of rotatable bonds is 6. The van der Waals surface area contributed by atoms with Gasteiger partial charge in [-0.2, -0.15) is 5.10 Å². The van der Waals surface area contributed by atoms with Gasteiger partial charge in [0, 0.05) is 30.7 Å². The molecule has 1 aromatic carbocycles. The van der Waals surface area contributed by atoms with Crippen LogP contribution in [0.25, 0.3) is 17.3 Å². The van der Waals surface area contributed by atoms with Crippen molar-refractivity contribution in [1.29, 1.82) is 0 Å². The summed E-state index contributed by atoms with van der Waals surface area (Å²) >= 11 is 0. The van der Waals surface area contributed by atoms with Crippen LogP contribution in [0.3, 0.4) is 0 Å². The molecule has 0 radical (unpaired) electrons. The molecule has 0 saturated carbocycles. The molecule has 172 valence electrons. The lowest BCUT2D eigenvalue weighted by atomic mass is 9.97. The van der Waals surface area contributed by atoms with Crippen LogP contribution in [0, 0.1) is 5.82 Å². The number of ether oxygens (including phenoxy) is 1. The minimum absolute atomic E-state index is 0.0000965. The van der Waals surface area contributed by atoms with Gasteiger partial charge < -0.3 is 15.2 Å². The smallest absolute Gasteiger partial charge is 0.309 e.